The third-order valence-electron chi connectivity index (χ3n) is 4.03. The minimum atomic E-state index is -4.63. The lowest BCUT2D eigenvalue weighted by atomic mass is 10.1. The van der Waals surface area contributed by atoms with Crippen LogP contribution in [0, 0.1) is 5.82 Å². The highest BCUT2D eigenvalue weighted by molar-refractivity contribution is 5.95. The van der Waals surface area contributed by atoms with Crippen molar-refractivity contribution < 1.29 is 22.4 Å². The van der Waals surface area contributed by atoms with Gasteiger partial charge in [-0.2, -0.15) is 18.3 Å². The van der Waals surface area contributed by atoms with E-state index >= 15 is 0 Å². The molecule has 1 aliphatic rings. The van der Waals surface area contributed by atoms with Crippen molar-refractivity contribution in [3.63, 3.8) is 0 Å². The number of alkyl halides is 3. The number of amides is 1. The molecule has 2 aromatic rings. The van der Waals surface area contributed by atoms with Crippen LogP contribution in [0.2, 0.25) is 0 Å². The Bertz CT molecular complexity index is 730. The van der Waals surface area contributed by atoms with Crippen LogP contribution in [-0.2, 0) is 12.7 Å². The number of aromatic nitrogens is 3. The molecule has 0 spiro atoms. The van der Waals surface area contributed by atoms with E-state index in [-0.39, 0.29) is 6.04 Å². The monoisotopic (exact) mass is 342 g/mol. The van der Waals surface area contributed by atoms with Gasteiger partial charge in [0.05, 0.1) is 23.7 Å². The first-order valence-corrected chi connectivity index (χ1v) is 7.36. The molecule has 0 bridgehead atoms. The van der Waals surface area contributed by atoms with Crippen LogP contribution in [0.5, 0.6) is 0 Å². The Balaban J connectivity index is 1.85. The minimum Gasteiger partial charge on any atom is -0.334 e. The predicted octanol–water partition coefficient (Wildman–Crippen LogP) is 2.74. The van der Waals surface area contributed by atoms with Gasteiger partial charge >= 0.3 is 6.18 Å². The van der Waals surface area contributed by atoms with E-state index in [9.17, 15) is 22.4 Å². The lowest BCUT2D eigenvalue weighted by Crippen LogP contribution is -2.38. The molecule has 1 amide bonds. The molecule has 5 nitrogen and oxygen atoms in total. The van der Waals surface area contributed by atoms with E-state index in [1.54, 1.807) is 4.68 Å². The van der Waals surface area contributed by atoms with Crippen molar-refractivity contribution in [2.24, 2.45) is 0 Å². The van der Waals surface area contributed by atoms with E-state index in [1.807, 2.05) is 0 Å². The van der Waals surface area contributed by atoms with Crippen LogP contribution < -0.4 is 0 Å². The average molecular weight is 342 g/mol. The number of rotatable bonds is 3. The molecule has 1 aliphatic heterocycles. The number of nitrogens with zero attached hydrogens (tertiary/aromatic N) is 4. The summed E-state index contributed by atoms with van der Waals surface area (Å²) in [5.74, 6) is -1.69. The Morgan fingerprint density at radius 1 is 1.33 bits per heavy atom. The Morgan fingerprint density at radius 3 is 2.79 bits per heavy atom. The van der Waals surface area contributed by atoms with Gasteiger partial charge in [-0.05, 0) is 31.0 Å². The standard InChI is InChI=1S/C15H14F4N4O/c16-13-4-3-10(15(17,18)19)6-12(13)14(24)23-5-1-2-11(23)7-22-9-20-8-21-22/h3-4,6,8-9,11H,1-2,5,7H2. The van der Waals surface area contributed by atoms with Crippen LogP contribution in [0.4, 0.5) is 17.6 Å². The third kappa shape index (κ3) is 3.24. The van der Waals surface area contributed by atoms with Crippen molar-refractivity contribution in [1.82, 2.24) is 19.7 Å². The fourth-order valence-electron chi connectivity index (χ4n) is 2.86. The first-order chi connectivity index (χ1) is 11.4. The van der Waals surface area contributed by atoms with Gasteiger partial charge in [0.2, 0.25) is 0 Å². The molecule has 0 saturated carbocycles. The quantitative estimate of drug-likeness (QED) is 0.806. The fraction of sp³-hybridized carbons (Fsp3) is 0.400. The van der Waals surface area contributed by atoms with Gasteiger partial charge in [-0.3, -0.25) is 9.48 Å². The van der Waals surface area contributed by atoms with Crippen LogP contribution in [-0.4, -0.2) is 38.2 Å². The predicted molar refractivity (Wildman–Crippen MR) is 75.5 cm³/mol. The number of likely N-dealkylation sites (tertiary alicyclic amines) is 1. The van der Waals surface area contributed by atoms with E-state index < -0.39 is 29.0 Å². The highest BCUT2D eigenvalue weighted by Gasteiger charge is 2.35. The lowest BCUT2D eigenvalue weighted by molar-refractivity contribution is -0.137. The van der Waals surface area contributed by atoms with Gasteiger partial charge in [0, 0.05) is 6.54 Å². The molecule has 1 aromatic heterocycles. The zero-order valence-electron chi connectivity index (χ0n) is 12.5. The zero-order chi connectivity index (χ0) is 17.3. The van der Waals surface area contributed by atoms with E-state index in [2.05, 4.69) is 10.1 Å². The number of carbonyl (C=O) groups excluding carboxylic acids is 1. The normalized spacial score (nSPS) is 18.2. The molecular weight excluding hydrogens is 328 g/mol. The average Bonchev–Trinajstić information content (AvgIpc) is 3.18. The SMILES string of the molecule is O=C(c1cc(C(F)(F)F)ccc1F)N1CCCC1Cn1cncn1. The topological polar surface area (TPSA) is 51.0 Å². The molecule has 0 N–H and O–H groups in total. The second-order valence-electron chi connectivity index (χ2n) is 5.60. The Morgan fingerprint density at radius 2 is 2.12 bits per heavy atom. The van der Waals surface area contributed by atoms with Gasteiger partial charge in [-0.15, -0.1) is 0 Å². The van der Waals surface area contributed by atoms with E-state index in [1.165, 1.54) is 17.6 Å². The van der Waals surface area contributed by atoms with Gasteiger partial charge in [-0.1, -0.05) is 0 Å². The summed E-state index contributed by atoms with van der Waals surface area (Å²) >= 11 is 0. The summed E-state index contributed by atoms with van der Waals surface area (Å²) in [7, 11) is 0. The molecular formula is C15H14F4N4O. The summed E-state index contributed by atoms with van der Waals surface area (Å²) in [6.07, 6.45) is -0.412. The highest BCUT2D eigenvalue weighted by atomic mass is 19.4. The Kier molecular flexibility index (Phi) is 4.25. The van der Waals surface area contributed by atoms with Crippen molar-refractivity contribution in [2.75, 3.05) is 6.54 Å². The molecule has 0 aliphatic carbocycles. The van der Waals surface area contributed by atoms with Crippen molar-refractivity contribution in [2.45, 2.75) is 31.6 Å². The second-order valence-corrected chi connectivity index (χ2v) is 5.60. The lowest BCUT2D eigenvalue weighted by Gasteiger charge is -2.25. The molecule has 3 rings (SSSR count). The molecule has 24 heavy (non-hydrogen) atoms. The van der Waals surface area contributed by atoms with Crippen molar-refractivity contribution >= 4 is 5.91 Å². The first kappa shape index (κ1) is 16.4. The van der Waals surface area contributed by atoms with E-state index in [0.29, 0.717) is 44.1 Å². The smallest absolute Gasteiger partial charge is 0.334 e. The fourth-order valence-corrected chi connectivity index (χ4v) is 2.86. The van der Waals surface area contributed by atoms with Crippen molar-refractivity contribution in [3.8, 4) is 0 Å². The van der Waals surface area contributed by atoms with Crippen LogP contribution in [0.1, 0.15) is 28.8 Å². The van der Waals surface area contributed by atoms with Crippen molar-refractivity contribution in [1.29, 1.82) is 0 Å². The van der Waals surface area contributed by atoms with Gasteiger partial charge in [0.25, 0.3) is 5.91 Å². The first-order valence-electron chi connectivity index (χ1n) is 7.36. The van der Waals surface area contributed by atoms with Crippen LogP contribution in [0.15, 0.2) is 30.9 Å². The zero-order valence-corrected chi connectivity index (χ0v) is 12.5. The molecule has 1 saturated heterocycles. The number of hydrogen-bond donors (Lipinski definition) is 0. The summed E-state index contributed by atoms with van der Waals surface area (Å²) in [5, 5.41) is 3.95. The second kappa shape index (κ2) is 6.21. The molecule has 1 aromatic carbocycles. The van der Waals surface area contributed by atoms with Crippen molar-refractivity contribution in [3.05, 3.63) is 47.8 Å². The summed E-state index contributed by atoms with van der Waals surface area (Å²) in [6.45, 7) is 0.736. The minimum absolute atomic E-state index is 0.256. The van der Waals surface area contributed by atoms with E-state index in [4.69, 9.17) is 0 Å². The maximum absolute atomic E-state index is 13.9. The van der Waals surface area contributed by atoms with Gasteiger partial charge in [0.1, 0.15) is 18.5 Å². The number of halogens is 4. The maximum Gasteiger partial charge on any atom is 0.416 e. The largest absolute Gasteiger partial charge is 0.416 e. The van der Waals surface area contributed by atoms with Crippen LogP contribution >= 0.6 is 0 Å². The van der Waals surface area contributed by atoms with Gasteiger partial charge < -0.3 is 4.90 Å². The molecule has 9 heteroatoms. The third-order valence-corrected chi connectivity index (χ3v) is 4.03. The molecule has 0 radical (unpaired) electrons. The molecule has 2 heterocycles. The molecule has 1 fully saturated rings. The Hall–Kier alpha value is -2.45. The summed E-state index contributed by atoms with van der Waals surface area (Å²) in [6, 6.07) is 1.62. The number of hydrogen-bond acceptors (Lipinski definition) is 3. The Labute approximate surface area is 134 Å². The van der Waals surface area contributed by atoms with Crippen LogP contribution in [0.3, 0.4) is 0 Å². The van der Waals surface area contributed by atoms with Gasteiger partial charge in [0.15, 0.2) is 0 Å². The summed E-state index contributed by atoms with van der Waals surface area (Å²) < 4.78 is 53.9. The molecule has 1 unspecified atom stereocenters. The maximum atomic E-state index is 13.9. The highest BCUT2D eigenvalue weighted by Crippen LogP contribution is 2.31. The molecule has 1 atom stereocenters. The summed E-state index contributed by atoms with van der Waals surface area (Å²) in [5.41, 5.74) is -1.60. The van der Waals surface area contributed by atoms with Crippen LogP contribution in [0.25, 0.3) is 0 Å². The number of carbonyl (C=O) groups is 1. The number of benzene rings is 1. The molecule has 128 valence electrons. The van der Waals surface area contributed by atoms with Gasteiger partial charge in [-0.25, -0.2) is 9.37 Å². The van der Waals surface area contributed by atoms with E-state index in [0.717, 1.165) is 0 Å². The summed E-state index contributed by atoms with van der Waals surface area (Å²) in [4.78, 5) is 17.8.